The summed E-state index contributed by atoms with van der Waals surface area (Å²) in [6.45, 7) is 2.45. The molecule has 0 fully saturated rings. The predicted octanol–water partition coefficient (Wildman–Crippen LogP) is 5.15. The molecule has 5 nitrogen and oxygen atoms in total. The first kappa shape index (κ1) is 20.3. The highest BCUT2D eigenvalue weighted by molar-refractivity contribution is 6.30. The molecule has 0 amide bonds. The first-order chi connectivity index (χ1) is 15.2. The highest BCUT2D eigenvalue weighted by Crippen LogP contribution is 2.22. The molecule has 0 aliphatic rings. The number of ether oxygens (including phenoxy) is 1. The Morgan fingerprint density at radius 1 is 1.00 bits per heavy atom. The van der Waals surface area contributed by atoms with Crippen molar-refractivity contribution in [1.29, 1.82) is 5.41 Å². The molecule has 0 aliphatic heterocycles. The molecule has 0 spiro atoms. The van der Waals surface area contributed by atoms with Gasteiger partial charge in [-0.25, -0.2) is 4.98 Å². The van der Waals surface area contributed by atoms with Crippen molar-refractivity contribution in [2.24, 2.45) is 0 Å². The second-order valence-corrected chi connectivity index (χ2v) is 7.22. The van der Waals surface area contributed by atoms with E-state index in [4.69, 9.17) is 15.1 Å². The number of aromatic nitrogens is 2. The third-order valence-electron chi connectivity index (χ3n) is 5.09. The molecular formula is C26H24N4O. The zero-order chi connectivity index (χ0) is 21.6. The Morgan fingerprint density at radius 2 is 1.74 bits per heavy atom. The molecule has 31 heavy (non-hydrogen) atoms. The topological polar surface area (TPSA) is 70.9 Å². The number of benzene rings is 2. The lowest BCUT2D eigenvalue weighted by molar-refractivity contribution is 0.301. The number of rotatable bonds is 7. The van der Waals surface area contributed by atoms with E-state index in [2.05, 4.69) is 29.4 Å². The minimum absolute atomic E-state index is 0.398. The van der Waals surface area contributed by atoms with E-state index in [0.717, 1.165) is 44.6 Å². The number of nitrogens with zero attached hydrogens (tertiary/aromatic N) is 2. The van der Waals surface area contributed by atoms with Gasteiger partial charge in [0, 0.05) is 42.2 Å². The van der Waals surface area contributed by atoms with Crippen LogP contribution >= 0.6 is 0 Å². The van der Waals surface area contributed by atoms with Crippen LogP contribution < -0.4 is 10.1 Å². The maximum Gasteiger partial charge on any atom is 0.130 e. The normalized spacial score (nSPS) is 11.4. The van der Waals surface area contributed by atoms with E-state index in [-0.39, 0.29) is 0 Å². The SMILES string of the molecule is CN/C=C(\C(=N)c1ccc(OCc2nc3ccccc3cc2C)cc1)c1ccncc1. The molecule has 2 aromatic carbocycles. The number of nitrogens with one attached hydrogen (secondary N) is 2. The summed E-state index contributed by atoms with van der Waals surface area (Å²) in [5, 5.41) is 12.8. The summed E-state index contributed by atoms with van der Waals surface area (Å²) < 4.78 is 5.98. The molecule has 0 radical (unpaired) electrons. The van der Waals surface area contributed by atoms with Gasteiger partial charge in [0.2, 0.25) is 0 Å². The smallest absolute Gasteiger partial charge is 0.130 e. The molecule has 0 saturated heterocycles. The molecule has 0 aliphatic carbocycles. The summed E-state index contributed by atoms with van der Waals surface area (Å²) in [6.07, 6.45) is 5.29. The third-order valence-corrected chi connectivity index (χ3v) is 5.09. The van der Waals surface area contributed by atoms with Crippen LogP contribution in [0.5, 0.6) is 5.75 Å². The molecular weight excluding hydrogens is 384 g/mol. The summed E-state index contributed by atoms with van der Waals surface area (Å²) >= 11 is 0. The van der Waals surface area contributed by atoms with Crippen molar-refractivity contribution in [3.05, 3.63) is 108 Å². The van der Waals surface area contributed by atoms with Gasteiger partial charge in [0.15, 0.2) is 0 Å². The van der Waals surface area contributed by atoms with E-state index in [9.17, 15) is 0 Å². The van der Waals surface area contributed by atoms with Crippen LogP contribution in [0.2, 0.25) is 0 Å². The second kappa shape index (κ2) is 9.22. The summed E-state index contributed by atoms with van der Waals surface area (Å²) in [4.78, 5) is 8.79. The Bertz CT molecular complexity index is 1230. The van der Waals surface area contributed by atoms with Crippen molar-refractivity contribution < 1.29 is 4.74 Å². The Hall–Kier alpha value is -3.99. The molecule has 4 rings (SSSR count). The van der Waals surface area contributed by atoms with Gasteiger partial charge < -0.3 is 10.1 Å². The largest absolute Gasteiger partial charge is 0.487 e. The molecule has 2 aromatic heterocycles. The van der Waals surface area contributed by atoms with E-state index in [1.54, 1.807) is 12.4 Å². The van der Waals surface area contributed by atoms with Gasteiger partial charge in [-0.2, -0.15) is 0 Å². The quantitative estimate of drug-likeness (QED) is 0.415. The van der Waals surface area contributed by atoms with Gasteiger partial charge >= 0.3 is 0 Å². The van der Waals surface area contributed by atoms with Crippen LogP contribution in [-0.2, 0) is 6.61 Å². The van der Waals surface area contributed by atoms with Crippen LogP contribution in [-0.4, -0.2) is 22.7 Å². The van der Waals surface area contributed by atoms with Crippen LogP contribution in [0.3, 0.4) is 0 Å². The van der Waals surface area contributed by atoms with Crippen molar-refractivity contribution in [2.75, 3.05) is 7.05 Å². The zero-order valence-corrected chi connectivity index (χ0v) is 17.6. The van der Waals surface area contributed by atoms with Crippen molar-refractivity contribution >= 4 is 22.2 Å². The molecule has 0 atom stereocenters. The van der Waals surface area contributed by atoms with Crippen LogP contribution in [0.4, 0.5) is 0 Å². The number of para-hydroxylation sites is 1. The number of hydrogen-bond donors (Lipinski definition) is 2. The fraction of sp³-hybridized carbons (Fsp3) is 0.115. The zero-order valence-electron chi connectivity index (χ0n) is 17.6. The molecule has 0 unspecified atom stereocenters. The molecule has 5 heteroatoms. The standard InChI is InChI=1S/C26H24N4O/c1-18-15-21-5-3-4-6-24(21)30-25(18)17-31-22-9-7-20(8-10-22)26(27)23(16-28-2)19-11-13-29-14-12-19/h3-16,27-28H,17H2,1-2H3/b23-16-,27-26?. The van der Waals surface area contributed by atoms with Crippen LogP contribution in [0.1, 0.15) is 22.4 Å². The fourth-order valence-electron chi connectivity index (χ4n) is 3.41. The number of aryl methyl sites for hydroxylation is 1. The maximum absolute atomic E-state index is 8.66. The first-order valence-electron chi connectivity index (χ1n) is 10.1. The van der Waals surface area contributed by atoms with Gasteiger partial charge in [0.25, 0.3) is 0 Å². The third kappa shape index (κ3) is 4.61. The van der Waals surface area contributed by atoms with Gasteiger partial charge in [0.05, 0.1) is 16.9 Å². The molecule has 154 valence electrons. The van der Waals surface area contributed by atoms with Gasteiger partial charge in [-0.15, -0.1) is 0 Å². The van der Waals surface area contributed by atoms with Crippen molar-refractivity contribution in [3.8, 4) is 5.75 Å². The van der Waals surface area contributed by atoms with Crippen molar-refractivity contribution in [1.82, 2.24) is 15.3 Å². The minimum Gasteiger partial charge on any atom is -0.487 e. The highest BCUT2D eigenvalue weighted by atomic mass is 16.5. The van der Waals surface area contributed by atoms with E-state index in [0.29, 0.717) is 12.3 Å². The minimum atomic E-state index is 0.398. The fourth-order valence-corrected chi connectivity index (χ4v) is 3.41. The van der Waals surface area contributed by atoms with Crippen LogP contribution in [0.15, 0.2) is 85.3 Å². The first-order valence-corrected chi connectivity index (χ1v) is 10.1. The summed E-state index contributed by atoms with van der Waals surface area (Å²) in [6, 6.07) is 21.6. The Kier molecular flexibility index (Phi) is 6.03. The molecule has 4 aromatic rings. The molecule has 0 saturated carbocycles. The van der Waals surface area contributed by atoms with Gasteiger partial charge in [0.1, 0.15) is 12.4 Å². The van der Waals surface area contributed by atoms with E-state index in [1.807, 2.05) is 67.8 Å². The maximum atomic E-state index is 8.66. The Balaban J connectivity index is 1.49. The molecule has 2 heterocycles. The number of hydrogen-bond acceptors (Lipinski definition) is 5. The highest BCUT2D eigenvalue weighted by Gasteiger charge is 2.11. The molecule has 2 N–H and O–H groups in total. The number of allylic oxidation sites excluding steroid dienone is 1. The predicted molar refractivity (Wildman–Crippen MR) is 125 cm³/mol. The van der Waals surface area contributed by atoms with Gasteiger partial charge in [-0.1, -0.05) is 18.2 Å². The lowest BCUT2D eigenvalue weighted by atomic mass is 9.97. The number of pyridine rings is 2. The van der Waals surface area contributed by atoms with Gasteiger partial charge in [-0.05, 0) is 66.6 Å². The van der Waals surface area contributed by atoms with Crippen molar-refractivity contribution in [3.63, 3.8) is 0 Å². The Labute approximate surface area is 182 Å². The van der Waals surface area contributed by atoms with E-state index >= 15 is 0 Å². The average molecular weight is 409 g/mol. The summed E-state index contributed by atoms with van der Waals surface area (Å²) in [7, 11) is 1.83. The van der Waals surface area contributed by atoms with Gasteiger partial charge in [-0.3, -0.25) is 10.4 Å². The Morgan fingerprint density at radius 3 is 2.48 bits per heavy atom. The lowest BCUT2D eigenvalue weighted by Crippen LogP contribution is -2.07. The van der Waals surface area contributed by atoms with Crippen LogP contribution in [0.25, 0.3) is 16.5 Å². The summed E-state index contributed by atoms with van der Waals surface area (Å²) in [5.41, 5.74) is 5.98. The second-order valence-electron chi connectivity index (χ2n) is 7.22. The van der Waals surface area contributed by atoms with E-state index in [1.165, 1.54) is 0 Å². The number of fused-ring (bicyclic) bond motifs is 1. The summed E-state index contributed by atoms with van der Waals surface area (Å²) in [5.74, 6) is 0.744. The molecule has 0 bridgehead atoms. The van der Waals surface area contributed by atoms with E-state index < -0.39 is 0 Å². The average Bonchev–Trinajstić information content (AvgIpc) is 2.81. The lowest BCUT2D eigenvalue weighted by Gasteiger charge is -2.12. The van der Waals surface area contributed by atoms with Crippen molar-refractivity contribution in [2.45, 2.75) is 13.5 Å². The van der Waals surface area contributed by atoms with Crippen LogP contribution in [0, 0.1) is 12.3 Å². The monoisotopic (exact) mass is 408 g/mol.